The van der Waals surface area contributed by atoms with Crippen LogP contribution in [0, 0.1) is 0 Å². The lowest BCUT2D eigenvalue weighted by Gasteiger charge is -2.29. The Kier molecular flexibility index (Phi) is 3.32. The quantitative estimate of drug-likeness (QED) is 0.679. The number of nitrogens with zero attached hydrogens (tertiary/aromatic N) is 4. The molecule has 1 aromatic carbocycles. The van der Waals surface area contributed by atoms with E-state index in [2.05, 4.69) is 60.0 Å². The van der Waals surface area contributed by atoms with Crippen LogP contribution in [0.15, 0.2) is 36.7 Å². The second-order valence-electron chi connectivity index (χ2n) is 5.28. The van der Waals surface area contributed by atoms with E-state index in [0.717, 1.165) is 42.9 Å². The molecule has 1 fully saturated rings. The van der Waals surface area contributed by atoms with Crippen molar-refractivity contribution in [2.45, 2.75) is 0 Å². The molecule has 7 heteroatoms. The van der Waals surface area contributed by atoms with Crippen LogP contribution >= 0.6 is 0 Å². The highest BCUT2D eigenvalue weighted by Gasteiger charge is 2.10. The van der Waals surface area contributed by atoms with E-state index >= 15 is 0 Å². The number of hydrogen-bond donors (Lipinski definition) is 3. The van der Waals surface area contributed by atoms with Gasteiger partial charge in [-0.25, -0.2) is 4.98 Å². The summed E-state index contributed by atoms with van der Waals surface area (Å²) >= 11 is 0. The predicted octanol–water partition coefficient (Wildman–Crippen LogP) is 1.51. The first kappa shape index (κ1) is 13.0. The molecule has 4 rings (SSSR count). The third-order valence-electron chi connectivity index (χ3n) is 3.80. The van der Waals surface area contributed by atoms with Crippen LogP contribution in [0.4, 0.5) is 17.3 Å². The highest BCUT2D eigenvalue weighted by Crippen LogP contribution is 2.20. The summed E-state index contributed by atoms with van der Waals surface area (Å²) in [6.07, 6.45) is 3.46. The van der Waals surface area contributed by atoms with Gasteiger partial charge >= 0.3 is 0 Å². The fourth-order valence-electron chi connectivity index (χ4n) is 2.61. The molecular weight excluding hydrogens is 278 g/mol. The van der Waals surface area contributed by atoms with Crippen LogP contribution in [0.2, 0.25) is 0 Å². The number of nitrogens with one attached hydrogen (secondary N) is 3. The van der Waals surface area contributed by atoms with Gasteiger partial charge in [-0.2, -0.15) is 10.1 Å². The Morgan fingerprint density at radius 1 is 1.05 bits per heavy atom. The Labute approximate surface area is 127 Å². The second kappa shape index (κ2) is 5.61. The fraction of sp³-hybridized carbons (Fsp3) is 0.267. The number of anilines is 3. The van der Waals surface area contributed by atoms with Crippen molar-refractivity contribution in [1.29, 1.82) is 0 Å². The van der Waals surface area contributed by atoms with Gasteiger partial charge in [-0.3, -0.25) is 5.10 Å². The van der Waals surface area contributed by atoms with Gasteiger partial charge in [0, 0.05) is 43.8 Å². The van der Waals surface area contributed by atoms with Crippen molar-refractivity contribution < 1.29 is 0 Å². The molecule has 0 amide bonds. The van der Waals surface area contributed by atoms with Crippen molar-refractivity contribution >= 4 is 28.4 Å². The summed E-state index contributed by atoms with van der Waals surface area (Å²) in [6.45, 7) is 4.18. The lowest BCUT2D eigenvalue weighted by Crippen LogP contribution is -2.43. The fourth-order valence-corrected chi connectivity index (χ4v) is 2.61. The first-order chi connectivity index (χ1) is 10.9. The van der Waals surface area contributed by atoms with Crippen LogP contribution in [0.5, 0.6) is 0 Å². The number of benzene rings is 1. The SMILES string of the molecule is c1cc(N2CCNCC2)ccc1Nc1ncc2cn[nH]c2n1. The molecule has 22 heavy (non-hydrogen) atoms. The topological polar surface area (TPSA) is 81.8 Å². The molecule has 112 valence electrons. The molecule has 0 bridgehead atoms. The maximum absolute atomic E-state index is 4.38. The average molecular weight is 295 g/mol. The molecule has 1 aliphatic rings. The molecule has 3 N–H and O–H groups in total. The summed E-state index contributed by atoms with van der Waals surface area (Å²) in [4.78, 5) is 11.1. The summed E-state index contributed by atoms with van der Waals surface area (Å²) in [6, 6.07) is 8.36. The van der Waals surface area contributed by atoms with Crippen LogP contribution in [0.25, 0.3) is 11.0 Å². The summed E-state index contributed by atoms with van der Waals surface area (Å²) in [7, 11) is 0. The Hall–Kier alpha value is -2.67. The summed E-state index contributed by atoms with van der Waals surface area (Å²) in [5.41, 5.74) is 2.95. The van der Waals surface area contributed by atoms with E-state index in [1.165, 1.54) is 5.69 Å². The minimum atomic E-state index is 0.562. The zero-order valence-corrected chi connectivity index (χ0v) is 12.1. The number of piperazine rings is 1. The van der Waals surface area contributed by atoms with E-state index in [9.17, 15) is 0 Å². The largest absolute Gasteiger partial charge is 0.369 e. The molecule has 1 saturated heterocycles. The molecule has 3 heterocycles. The monoisotopic (exact) mass is 295 g/mol. The van der Waals surface area contributed by atoms with Gasteiger partial charge in [0.25, 0.3) is 0 Å². The molecule has 7 nitrogen and oxygen atoms in total. The molecule has 0 radical (unpaired) electrons. The number of aromatic nitrogens is 4. The lowest BCUT2D eigenvalue weighted by molar-refractivity contribution is 0.589. The zero-order valence-electron chi connectivity index (χ0n) is 12.1. The van der Waals surface area contributed by atoms with Gasteiger partial charge in [0.15, 0.2) is 5.65 Å². The third-order valence-corrected chi connectivity index (χ3v) is 3.80. The summed E-state index contributed by atoms with van der Waals surface area (Å²) < 4.78 is 0. The molecule has 0 aliphatic carbocycles. The smallest absolute Gasteiger partial charge is 0.229 e. The van der Waals surface area contributed by atoms with E-state index in [1.807, 2.05) is 0 Å². The number of aromatic amines is 1. The standard InChI is InChI=1S/C15H17N7/c1-3-13(22-7-5-16-6-8-22)4-2-12(1)19-15-17-9-11-10-18-21-14(11)20-15/h1-4,9-10,16H,5-8H2,(H2,17,18,19,20,21). The number of H-pyrrole nitrogens is 1. The molecular formula is C15H17N7. The van der Waals surface area contributed by atoms with Crippen molar-refractivity contribution in [1.82, 2.24) is 25.5 Å². The molecule has 0 saturated carbocycles. The van der Waals surface area contributed by atoms with E-state index < -0.39 is 0 Å². The van der Waals surface area contributed by atoms with E-state index in [1.54, 1.807) is 12.4 Å². The molecule has 0 spiro atoms. The molecule has 3 aromatic rings. The van der Waals surface area contributed by atoms with E-state index in [0.29, 0.717) is 5.95 Å². The summed E-state index contributed by atoms with van der Waals surface area (Å²) in [5, 5.41) is 14.3. The number of fused-ring (bicyclic) bond motifs is 1. The van der Waals surface area contributed by atoms with Gasteiger partial charge in [0.1, 0.15) is 0 Å². The average Bonchev–Trinajstić information content (AvgIpc) is 3.04. The minimum absolute atomic E-state index is 0.562. The third kappa shape index (κ3) is 2.58. The molecule has 1 aliphatic heterocycles. The van der Waals surface area contributed by atoms with Gasteiger partial charge in [-0.05, 0) is 24.3 Å². The van der Waals surface area contributed by atoms with Gasteiger partial charge in [0.2, 0.25) is 5.95 Å². The zero-order chi connectivity index (χ0) is 14.8. The van der Waals surface area contributed by atoms with E-state index in [4.69, 9.17) is 0 Å². The van der Waals surface area contributed by atoms with Gasteiger partial charge in [0.05, 0.1) is 11.6 Å². The molecule has 0 unspecified atom stereocenters. The number of hydrogen-bond acceptors (Lipinski definition) is 6. The maximum Gasteiger partial charge on any atom is 0.229 e. The second-order valence-corrected chi connectivity index (χ2v) is 5.28. The van der Waals surface area contributed by atoms with Crippen molar-refractivity contribution in [2.24, 2.45) is 0 Å². The first-order valence-corrected chi connectivity index (χ1v) is 7.37. The highest BCUT2D eigenvalue weighted by atomic mass is 15.2. The Morgan fingerprint density at radius 2 is 1.86 bits per heavy atom. The van der Waals surface area contributed by atoms with Crippen molar-refractivity contribution in [3.8, 4) is 0 Å². The first-order valence-electron chi connectivity index (χ1n) is 7.37. The lowest BCUT2D eigenvalue weighted by atomic mass is 10.2. The van der Waals surface area contributed by atoms with Gasteiger partial charge < -0.3 is 15.5 Å². The van der Waals surface area contributed by atoms with Crippen LogP contribution in [0.1, 0.15) is 0 Å². The van der Waals surface area contributed by atoms with Crippen molar-refractivity contribution in [2.75, 3.05) is 36.4 Å². The van der Waals surface area contributed by atoms with Crippen LogP contribution in [0.3, 0.4) is 0 Å². The van der Waals surface area contributed by atoms with E-state index in [-0.39, 0.29) is 0 Å². The van der Waals surface area contributed by atoms with Crippen LogP contribution in [-0.2, 0) is 0 Å². The Bertz CT molecular complexity index is 759. The van der Waals surface area contributed by atoms with Crippen LogP contribution in [-0.4, -0.2) is 46.3 Å². The number of rotatable bonds is 3. The normalized spacial score (nSPS) is 15.2. The Morgan fingerprint density at radius 3 is 2.68 bits per heavy atom. The van der Waals surface area contributed by atoms with Gasteiger partial charge in [-0.1, -0.05) is 0 Å². The van der Waals surface area contributed by atoms with Crippen molar-refractivity contribution in [3.63, 3.8) is 0 Å². The predicted molar refractivity (Wildman–Crippen MR) is 86.5 cm³/mol. The highest BCUT2D eigenvalue weighted by molar-refractivity contribution is 5.74. The van der Waals surface area contributed by atoms with Crippen molar-refractivity contribution in [3.05, 3.63) is 36.7 Å². The molecule has 0 atom stereocenters. The molecule has 2 aromatic heterocycles. The van der Waals surface area contributed by atoms with Gasteiger partial charge in [-0.15, -0.1) is 0 Å². The Balaban J connectivity index is 1.50. The van der Waals surface area contributed by atoms with Crippen LogP contribution < -0.4 is 15.5 Å². The minimum Gasteiger partial charge on any atom is -0.369 e. The summed E-state index contributed by atoms with van der Waals surface area (Å²) in [5.74, 6) is 0.562. The maximum atomic E-state index is 4.38.